The lowest BCUT2D eigenvalue weighted by atomic mass is 9.60. The van der Waals surface area contributed by atoms with Crippen molar-refractivity contribution in [2.75, 3.05) is 0 Å². The molecule has 1 aliphatic heterocycles. The normalized spacial score (nSPS) is 32.0. The first-order chi connectivity index (χ1) is 9.55. The third-order valence-corrected chi connectivity index (χ3v) is 5.22. The van der Waals surface area contributed by atoms with Crippen LogP contribution in [0.15, 0.2) is 30.3 Å². The lowest BCUT2D eigenvalue weighted by Gasteiger charge is -2.42. The van der Waals surface area contributed by atoms with E-state index < -0.39 is 5.41 Å². The predicted molar refractivity (Wildman–Crippen MR) is 75.9 cm³/mol. The Hall–Kier alpha value is -1.55. The number of hydrogen-bond donors (Lipinski definition) is 2. The van der Waals surface area contributed by atoms with Crippen LogP contribution in [0.4, 0.5) is 0 Å². The Balaban J connectivity index is 2.08. The maximum absolute atomic E-state index is 12.3. The minimum absolute atomic E-state index is 0.129. The molecule has 5 heteroatoms. The Morgan fingerprint density at radius 3 is 2.35 bits per heavy atom. The lowest BCUT2D eigenvalue weighted by Crippen LogP contribution is -2.48. The number of carbonyl (C=O) groups is 2. The van der Waals surface area contributed by atoms with Crippen molar-refractivity contribution in [2.24, 2.45) is 11.3 Å². The Labute approximate surface area is 122 Å². The van der Waals surface area contributed by atoms with E-state index >= 15 is 0 Å². The highest BCUT2D eigenvalue weighted by Crippen LogP contribution is 2.52. The Morgan fingerprint density at radius 1 is 1.15 bits per heavy atom. The van der Waals surface area contributed by atoms with Crippen LogP contribution in [0.3, 0.4) is 0 Å². The van der Waals surface area contributed by atoms with E-state index in [1.54, 1.807) is 0 Å². The van der Waals surface area contributed by atoms with Gasteiger partial charge in [0.15, 0.2) is 0 Å². The molecule has 2 N–H and O–H groups in total. The van der Waals surface area contributed by atoms with Gasteiger partial charge in [-0.05, 0) is 24.3 Å². The van der Waals surface area contributed by atoms with E-state index in [1.807, 2.05) is 30.3 Å². The van der Waals surface area contributed by atoms with E-state index in [0.29, 0.717) is 6.42 Å². The van der Waals surface area contributed by atoms with Gasteiger partial charge < -0.3 is 0 Å². The second-order valence-electron chi connectivity index (χ2n) is 5.78. The molecule has 1 aliphatic carbocycles. The van der Waals surface area contributed by atoms with Crippen molar-refractivity contribution >= 4 is 23.4 Å². The minimum atomic E-state index is -1.07. The van der Waals surface area contributed by atoms with Crippen LogP contribution in [-0.4, -0.2) is 17.2 Å². The zero-order valence-electron chi connectivity index (χ0n) is 11.2. The molecule has 106 valence electrons. The van der Waals surface area contributed by atoms with Crippen LogP contribution < -0.4 is 10.9 Å². The number of benzene rings is 1. The number of amides is 2. The number of hydrogen-bond acceptors (Lipinski definition) is 2. The van der Waals surface area contributed by atoms with Crippen molar-refractivity contribution in [1.82, 2.24) is 10.9 Å². The van der Waals surface area contributed by atoms with Gasteiger partial charge >= 0.3 is 0 Å². The first-order valence-electron chi connectivity index (χ1n) is 6.85. The first kappa shape index (κ1) is 13.4. The highest BCUT2D eigenvalue weighted by Gasteiger charge is 2.59. The molecule has 0 bridgehead atoms. The summed E-state index contributed by atoms with van der Waals surface area (Å²) in [6.45, 7) is 2.07. The fourth-order valence-electron chi connectivity index (χ4n) is 3.42. The van der Waals surface area contributed by atoms with Crippen LogP contribution >= 0.6 is 11.6 Å². The molecule has 2 amide bonds. The third kappa shape index (κ3) is 1.82. The van der Waals surface area contributed by atoms with Gasteiger partial charge in [0.25, 0.3) is 11.8 Å². The number of carbonyl (C=O) groups excluding carboxylic acids is 2. The van der Waals surface area contributed by atoms with Gasteiger partial charge in [0.05, 0.1) is 0 Å². The summed E-state index contributed by atoms with van der Waals surface area (Å²) in [5, 5.41) is -0.162. The van der Waals surface area contributed by atoms with Gasteiger partial charge in [-0.3, -0.25) is 20.4 Å². The monoisotopic (exact) mass is 292 g/mol. The summed E-state index contributed by atoms with van der Waals surface area (Å²) >= 11 is 6.36. The topological polar surface area (TPSA) is 58.2 Å². The molecule has 0 aromatic heterocycles. The highest BCUT2D eigenvalue weighted by molar-refractivity contribution is 6.22. The standard InChI is InChI=1S/C15H17ClN2O2/c1-9-7-11(10-5-3-2-4-6-10)15(8-12(9)16)13(19)17-18-14(15)20/h2-6,9,11-12H,7-8H2,1H3,(H,17,19)(H,18,20). The Kier molecular flexibility index (Phi) is 3.21. The van der Waals surface area contributed by atoms with Crippen molar-refractivity contribution in [2.45, 2.75) is 31.1 Å². The third-order valence-electron chi connectivity index (χ3n) is 4.64. The molecule has 3 unspecified atom stereocenters. The Bertz CT molecular complexity index is 530. The van der Waals surface area contributed by atoms with Gasteiger partial charge in [-0.15, -0.1) is 11.6 Å². The minimum Gasteiger partial charge on any atom is -0.272 e. The molecular formula is C15H17ClN2O2. The molecule has 0 radical (unpaired) electrons. The van der Waals surface area contributed by atoms with Crippen LogP contribution in [0.5, 0.6) is 0 Å². The van der Waals surface area contributed by atoms with Crippen molar-refractivity contribution in [3.8, 4) is 0 Å². The van der Waals surface area contributed by atoms with E-state index in [0.717, 1.165) is 12.0 Å². The molecule has 2 aliphatic rings. The van der Waals surface area contributed by atoms with Gasteiger partial charge in [0, 0.05) is 11.3 Å². The average Bonchev–Trinajstić information content (AvgIpc) is 2.73. The van der Waals surface area contributed by atoms with E-state index in [4.69, 9.17) is 11.6 Å². The number of nitrogens with one attached hydrogen (secondary N) is 2. The average molecular weight is 293 g/mol. The van der Waals surface area contributed by atoms with E-state index in [2.05, 4.69) is 17.8 Å². The molecular weight excluding hydrogens is 276 g/mol. The summed E-state index contributed by atoms with van der Waals surface area (Å²) in [5.41, 5.74) is 4.89. The summed E-state index contributed by atoms with van der Waals surface area (Å²) in [7, 11) is 0. The number of alkyl halides is 1. The SMILES string of the molecule is CC1CC(c2ccccc2)C2(CC1Cl)C(=O)NNC2=O. The van der Waals surface area contributed by atoms with Crippen molar-refractivity contribution in [1.29, 1.82) is 0 Å². The number of halogens is 1. The summed E-state index contributed by atoms with van der Waals surface area (Å²) in [5.74, 6) is -0.368. The van der Waals surface area contributed by atoms with Crippen LogP contribution in [0, 0.1) is 11.3 Å². The van der Waals surface area contributed by atoms with E-state index in [1.165, 1.54) is 0 Å². The molecule has 1 saturated carbocycles. The second-order valence-corrected chi connectivity index (χ2v) is 6.34. The van der Waals surface area contributed by atoms with Crippen molar-refractivity contribution in [3.63, 3.8) is 0 Å². The molecule has 1 saturated heterocycles. The smallest absolute Gasteiger partial charge is 0.254 e. The van der Waals surface area contributed by atoms with Gasteiger partial charge in [-0.25, -0.2) is 0 Å². The van der Waals surface area contributed by atoms with Crippen LogP contribution in [0.1, 0.15) is 31.2 Å². The summed E-state index contributed by atoms with van der Waals surface area (Å²) in [6, 6.07) is 9.76. The molecule has 4 nitrogen and oxygen atoms in total. The summed E-state index contributed by atoms with van der Waals surface area (Å²) in [6.07, 6.45) is 1.12. The maximum Gasteiger partial charge on any atom is 0.254 e. The molecule has 1 spiro atoms. The predicted octanol–water partition coefficient (Wildman–Crippen LogP) is 1.95. The zero-order valence-corrected chi connectivity index (χ0v) is 12.0. The van der Waals surface area contributed by atoms with Crippen LogP contribution in [0.2, 0.25) is 0 Å². The van der Waals surface area contributed by atoms with Gasteiger partial charge in [-0.1, -0.05) is 37.3 Å². The fourth-order valence-corrected chi connectivity index (χ4v) is 3.77. The molecule has 3 atom stereocenters. The largest absolute Gasteiger partial charge is 0.272 e. The lowest BCUT2D eigenvalue weighted by molar-refractivity contribution is -0.140. The fraction of sp³-hybridized carbons (Fsp3) is 0.467. The van der Waals surface area contributed by atoms with Gasteiger partial charge in [0.2, 0.25) is 0 Å². The van der Waals surface area contributed by atoms with Gasteiger partial charge in [0.1, 0.15) is 5.41 Å². The molecule has 2 fully saturated rings. The first-order valence-corrected chi connectivity index (χ1v) is 7.29. The molecule has 3 rings (SSSR count). The second kappa shape index (κ2) is 4.77. The van der Waals surface area contributed by atoms with Crippen LogP contribution in [0.25, 0.3) is 0 Å². The van der Waals surface area contributed by atoms with Crippen molar-refractivity contribution in [3.05, 3.63) is 35.9 Å². The summed E-state index contributed by atoms with van der Waals surface area (Å²) in [4.78, 5) is 24.7. The molecule has 20 heavy (non-hydrogen) atoms. The molecule has 1 aromatic rings. The molecule has 1 heterocycles. The molecule has 1 aromatic carbocycles. The zero-order chi connectivity index (χ0) is 14.3. The van der Waals surface area contributed by atoms with Gasteiger partial charge in [-0.2, -0.15) is 0 Å². The number of rotatable bonds is 1. The quantitative estimate of drug-likeness (QED) is 0.614. The summed E-state index contributed by atoms with van der Waals surface area (Å²) < 4.78 is 0. The van der Waals surface area contributed by atoms with Crippen LogP contribution in [-0.2, 0) is 9.59 Å². The number of hydrazine groups is 1. The van der Waals surface area contributed by atoms with Crippen molar-refractivity contribution < 1.29 is 9.59 Å². The van der Waals surface area contributed by atoms with E-state index in [-0.39, 0.29) is 29.0 Å². The maximum atomic E-state index is 12.3. The highest BCUT2D eigenvalue weighted by atomic mass is 35.5. The Morgan fingerprint density at radius 2 is 1.75 bits per heavy atom. The van der Waals surface area contributed by atoms with E-state index in [9.17, 15) is 9.59 Å².